The van der Waals surface area contributed by atoms with E-state index in [2.05, 4.69) is 20.9 Å². The first-order valence-corrected chi connectivity index (χ1v) is 8.58. The van der Waals surface area contributed by atoms with E-state index in [4.69, 9.17) is 19.9 Å². The summed E-state index contributed by atoms with van der Waals surface area (Å²) in [5.74, 6) is -2.81. The number of hydrogen-bond acceptors (Lipinski definition) is 5. The van der Waals surface area contributed by atoms with E-state index in [1.165, 1.54) is 0 Å². The Morgan fingerprint density at radius 3 is 2.83 bits per heavy atom. The Kier molecular flexibility index (Phi) is 3.55. The third kappa shape index (κ3) is 2.30. The van der Waals surface area contributed by atoms with Crippen LogP contribution < -0.4 is 10.5 Å². The molecule has 130 valence electrons. The number of fused-ring (bicyclic) bond motifs is 2. The van der Waals surface area contributed by atoms with Crippen LogP contribution in [0, 0.1) is 0 Å². The molecular weight excluding hydrogens is 386 g/mol. The maximum absolute atomic E-state index is 15.1. The monoisotopic (exact) mass is 402 g/mol. The fraction of sp³-hybridized carbons (Fsp3) is 0.562. The van der Waals surface area contributed by atoms with Crippen LogP contribution >= 0.6 is 15.9 Å². The summed E-state index contributed by atoms with van der Waals surface area (Å²) >= 11 is 3.34. The molecule has 1 fully saturated rings. The van der Waals surface area contributed by atoms with Crippen LogP contribution in [0.4, 0.5) is 8.78 Å². The third-order valence-electron chi connectivity index (χ3n) is 4.89. The number of aliphatic imine (C=N–C) groups is 1. The van der Waals surface area contributed by atoms with Gasteiger partial charge < -0.3 is 19.9 Å². The van der Waals surface area contributed by atoms with Gasteiger partial charge in [0, 0.05) is 23.1 Å². The van der Waals surface area contributed by atoms with E-state index in [9.17, 15) is 0 Å². The van der Waals surface area contributed by atoms with Gasteiger partial charge in [0.1, 0.15) is 11.4 Å². The highest BCUT2D eigenvalue weighted by molar-refractivity contribution is 9.10. The van der Waals surface area contributed by atoms with Gasteiger partial charge in [-0.05, 0) is 31.0 Å². The predicted molar refractivity (Wildman–Crippen MR) is 86.4 cm³/mol. The largest absolute Gasteiger partial charge is 0.484 e. The number of amidine groups is 1. The minimum Gasteiger partial charge on any atom is -0.484 e. The quantitative estimate of drug-likeness (QED) is 0.724. The number of alkyl halides is 2. The van der Waals surface area contributed by atoms with Crippen LogP contribution in [0.3, 0.4) is 0 Å². The number of ether oxygens (including phenoxy) is 3. The van der Waals surface area contributed by atoms with Gasteiger partial charge in [-0.15, -0.1) is 0 Å². The van der Waals surface area contributed by atoms with E-state index in [0.717, 1.165) is 6.42 Å². The normalized spacial score (nSPS) is 34.2. The van der Waals surface area contributed by atoms with Gasteiger partial charge in [0.25, 0.3) is 6.02 Å². The number of nitrogens with two attached hydrogens (primary N) is 1. The van der Waals surface area contributed by atoms with E-state index >= 15 is 8.78 Å². The van der Waals surface area contributed by atoms with Crippen LogP contribution in [-0.4, -0.2) is 37.4 Å². The standard InChI is InChI=1S/C16H17BrF2N2O3/c17-10-2-3-12-11(6-10)15(16(18,19)9-23-13(20)21-15)7-14(24-12)4-1-5-22-8-14/h2-3,6H,1,4-5,7-9H2,(H2,20,21)/t14-,15+/m0/s1. The zero-order valence-electron chi connectivity index (χ0n) is 12.9. The van der Waals surface area contributed by atoms with Crippen molar-refractivity contribution in [1.29, 1.82) is 0 Å². The molecule has 3 aliphatic rings. The molecule has 4 rings (SSSR count). The smallest absolute Gasteiger partial charge is 0.310 e. The van der Waals surface area contributed by atoms with E-state index in [0.29, 0.717) is 28.8 Å². The van der Waals surface area contributed by atoms with Crippen LogP contribution in [0.1, 0.15) is 24.8 Å². The Labute approximate surface area is 146 Å². The van der Waals surface area contributed by atoms with Crippen molar-refractivity contribution in [3.63, 3.8) is 0 Å². The van der Waals surface area contributed by atoms with Crippen molar-refractivity contribution in [2.75, 3.05) is 19.8 Å². The average Bonchev–Trinajstić information content (AvgIpc) is 2.53. The summed E-state index contributed by atoms with van der Waals surface area (Å²) < 4.78 is 47.3. The number of halogens is 3. The number of nitrogens with zero attached hydrogens (tertiary/aromatic N) is 1. The molecule has 0 unspecified atom stereocenters. The molecule has 0 saturated carbocycles. The zero-order chi connectivity index (χ0) is 17.0. The summed E-state index contributed by atoms with van der Waals surface area (Å²) in [6.07, 6.45) is 1.39. The first-order chi connectivity index (χ1) is 11.4. The Hall–Kier alpha value is -1.41. The van der Waals surface area contributed by atoms with Crippen LogP contribution in [0.15, 0.2) is 27.7 Å². The van der Waals surface area contributed by atoms with E-state index in [1.54, 1.807) is 18.2 Å². The van der Waals surface area contributed by atoms with Crippen LogP contribution in [0.25, 0.3) is 0 Å². The van der Waals surface area contributed by atoms with Gasteiger partial charge in [0.2, 0.25) is 0 Å². The maximum atomic E-state index is 15.1. The SMILES string of the molecule is NC1=N[C@@]2(C[C@]3(CCCOC3)Oc3ccc(Br)cc32)C(F)(F)CO1. The van der Waals surface area contributed by atoms with Gasteiger partial charge in [-0.25, -0.2) is 4.99 Å². The molecule has 8 heteroatoms. The highest BCUT2D eigenvalue weighted by atomic mass is 79.9. The Morgan fingerprint density at radius 1 is 1.25 bits per heavy atom. The Morgan fingerprint density at radius 2 is 2.08 bits per heavy atom. The molecule has 0 aliphatic carbocycles. The maximum Gasteiger partial charge on any atom is 0.310 e. The first kappa shape index (κ1) is 16.1. The Bertz CT molecular complexity index is 707. The van der Waals surface area contributed by atoms with Crippen LogP contribution in [-0.2, 0) is 15.0 Å². The fourth-order valence-electron chi connectivity index (χ4n) is 3.80. The molecule has 3 heterocycles. The molecule has 1 aromatic rings. The molecule has 24 heavy (non-hydrogen) atoms. The molecular formula is C16H17BrF2N2O3. The minimum absolute atomic E-state index is 0.000509. The second-order valence-electron chi connectivity index (χ2n) is 6.56. The molecule has 0 amide bonds. The number of rotatable bonds is 0. The number of hydrogen-bond donors (Lipinski definition) is 1. The molecule has 0 bridgehead atoms. The number of benzene rings is 1. The topological polar surface area (TPSA) is 66.1 Å². The van der Waals surface area contributed by atoms with Gasteiger partial charge in [-0.2, -0.15) is 8.78 Å². The lowest BCUT2D eigenvalue weighted by atomic mass is 9.71. The van der Waals surface area contributed by atoms with Crippen LogP contribution in [0.2, 0.25) is 0 Å². The van der Waals surface area contributed by atoms with Crippen molar-refractivity contribution in [3.8, 4) is 5.75 Å². The van der Waals surface area contributed by atoms with Gasteiger partial charge in [-0.1, -0.05) is 15.9 Å². The zero-order valence-corrected chi connectivity index (χ0v) is 14.4. The van der Waals surface area contributed by atoms with Gasteiger partial charge in [0.15, 0.2) is 12.1 Å². The molecule has 2 N–H and O–H groups in total. The van der Waals surface area contributed by atoms with Crippen molar-refractivity contribution >= 4 is 22.0 Å². The summed E-state index contributed by atoms with van der Waals surface area (Å²) in [6, 6.07) is 4.86. The van der Waals surface area contributed by atoms with Crippen molar-refractivity contribution in [2.24, 2.45) is 10.7 Å². The molecule has 1 aromatic carbocycles. The van der Waals surface area contributed by atoms with Gasteiger partial charge in [-0.3, -0.25) is 0 Å². The second kappa shape index (κ2) is 5.29. The molecule has 0 radical (unpaired) electrons. The van der Waals surface area contributed by atoms with Crippen molar-refractivity contribution in [1.82, 2.24) is 0 Å². The molecule has 3 aliphatic heterocycles. The van der Waals surface area contributed by atoms with Crippen molar-refractivity contribution < 1.29 is 23.0 Å². The van der Waals surface area contributed by atoms with Gasteiger partial charge in [0.05, 0.1) is 6.61 Å². The lowest BCUT2D eigenvalue weighted by Crippen LogP contribution is -2.61. The van der Waals surface area contributed by atoms with E-state index in [-0.39, 0.29) is 19.0 Å². The molecule has 0 aromatic heterocycles. The van der Waals surface area contributed by atoms with Gasteiger partial charge >= 0.3 is 5.92 Å². The summed E-state index contributed by atoms with van der Waals surface area (Å²) in [7, 11) is 0. The average molecular weight is 403 g/mol. The lowest BCUT2D eigenvalue weighted by molar-refractivity contribution is -0.170. The van der Waals surface area contributed by atoms with Crippen molar-refractivity contribution in [3.05, 3.63) is 28.2 Å². The lowest BCUT2D eigenvalue weighted by Gasteiger charge is -2.51. The molecule has 1 saturated heterocycles. The minimum atomic E-state index is -3.21. The predicted octanol–water partition coefficient (Wildman–Crippen LogP) is 2.96. The molecule has 5 nitrogen and oxygen atoms in total. The molecule has 2 spiro atoms. The van der Waals surface area contributed by atoms with E-state index < -0.39 is 23.7 Å². The second-order valence-corrected chi connectivity index (χ2v) is 7.48. The molecule has 2 atom stereocenters. The highest BCUT2D eigenvalue weighted by Gasteiger charge is 2.65. The summed E-state index contributed by atoms with van der Waals surface area (Å²) in [5, 5.41) is 0. The summed E-state index contributed by atoms with van der Waals surface area (Å²) in [6.45, 7) is 0.0675. The summed E-state index contributed by atoms with van der Waals surface area (Å²) in [5.41, 5.74) is 3.37. The van der Waals surface area contributed by atoms with Crippen LogP contribution in [0.5, 0.6) is 5.75 Å². The first-order valence-electron chi connectivity index (χ1n) is 7.79. The van der Waals surface area contributed by atoms with E-state index in [1.807, 2.05) is 0 Å². The third-order valence-corrected chi connectivity index (χ3v) is 5.38. The van der Waals surface area contributed by atoms with Crippen molar-refractivity contribution in [2.45, 2.75) is 36.3 Å². The Balaban J connectivity index is 1.94. The fourth-order valence-corrected chi connectivity index (χ4v) is 4.17. The highest BCUT2D eigenvalue weighted by Crippen LogP contribution is 2.56. The summed E-state index contributed by atoms with van der Waals surface area (Å²) in [4.78, 5) is 4.12.